The van der Waals surface area contributed by atoms with Gasteiger partial charge in [0.2, 0.25) is 0 Å². The molecule has 0 saturated carbocycles. The topological polar surface area (TPSA) is 66.9 Å². The van der Waals surface area contributed by atoms with Crippen molar-refractivity contribution in [3.63, 3.8) is 0 Å². The third-order valence-electron chi connectivity index (χ3n) is 3.50. The minimum Gasteiger partial charge on any atom is -0.496 e. The molecule has 0 atom stereocenters. The van der Waals surface area contributed by atoms with E-state index in [0.717, 1.165) is 27.9 Å². The zero-order valence-corrected chi connectivity index (χ0v) is 14.7. The number of benzene rings is 2. The van der Waals surface area contributed by atoms with Crippen molar-refractivity contribution in [2.45, 2.75) is 0 Å². The molecule has 25 heavy (non-hydrogen) atoms. The fraction of sp³-hybridized carbons (Fsp3) is 0.222. The lowest BCUT2D eigenvalue weighted by Gasteiger charge is -2.12. The molecule has 3 rings (SSSR count). The monoisotopic (exact) mass is 359 g/mol. The summed E-state index contributed by atoms with van der Waals surface area (Å²) in [4.78, 5) is 16.2. The molecular formula is C18H17NO5S. The van der Waals surface area contributed by atoms with Gasteiger partial charge in [0.25, 0.3) is 5.19 Å². The van der Waals surface area contributed by atoms with Crippen LogP contribution in [0.3, 0.4) is 0 Å². The molecule has 0 fully saturated rings. The van der Waals surface area contributed by atoms with E-state index in [-0.39, 0.29) is 13.2 Å². The number of aromatic nitrogens is 1. The maximum Gasteiger partial charge on any atom is 0.350 e. The van der Waals surface area contributed by atoms with E-state index >= 15 is 0 Å². The average molecular weight is 359 g/mol. The zero-order chi connectivity index (χ0) is 17.6. The highest BCUT2D eigenvalue weighted by atomic mass is 32.1. The van der Waals surface area contributed by atoms with Crippen molar-refractivity contribution in [2.24, 2.45) is 0 Å². The first kappa shape index (κ1) is 17.0. The van der Waals surface area contributed by atoms with Crippen LogP contribution in [0.5, 0.6) is 16.7 Å². The molecule has 3 aromatic rings. The maximum atomic E-state index is 11.9. The first-order valence-electron chi connectivity index (χ1n) is 7.58. The first-order chi connectivity index (χ1) is 12.2. The SMILES string of the molecule is COc1ncc(C(=O)OCCOc2ccc(OC)c3ccccc23)s1. The summed E-state index contributed by atoms with van der Waals surface area (Å²) in [5, 5.41) is 2.34. The minimum atomic E-state index is -0.441. The Morgan fingerprint density at radius 2 is 1.72 bits per heavy atom. The summed E-state index contributed by atoms with van der Waals surface area (Å²) < 4.78 is 21.3. The smallest absolute Gasteiger partial charge is 0.350 e. The van der Waals surface area contributed by atoms with Gasteiger partial charge in [-0.3, -0.25) is 0 Å². The third kappa shape index (κ3) is 3.83. The number of fused-ring (bicyclic) bond motifs is 1. The van der Waals surface area contributed by atoms with Crippen molar-refractivity contribution in [1.82, 2.24) is 4.98 Å². The van der Waals surface area contributed by atoms with Gasteiger partial charge >= 0.3 is 5.97 Å². The van der Waals surface area contributed by atoms with Gasteiger partial charge in [0.05, 0.1) is 20.4 Å². The van der Waals surface area contributed by atoms with Crippen LogP contribution in [0.25, 0.3) is 10.8 Å². The van der Waals surface area contributed by atoms with E-state index < -0.39 is 5.97 Å². The van der Waals surface area contributed by atoms with E-state index in [1.54, 1.807) is 7.11 Å². The van der Waals surface area contributed by atoms with Gasteiger partial charge in [-0.15, -0.1) is 0 Å². The maximum absolute atomic E-state index is 11.9. The van der Waals surface area contributed by atoms with Gasteiger partial charge in [0.1, 0.15) is 29.6 Å². The molecule has 0 aliphatic carbocycles. The molecule has 0 unspecified atom stereocenters. The van der Waals surface area contributed by atoms with Crippen LogP contribution in [0.4, 0.5) is 0 Å². The van der Waals surface area contributed by atoms with Gasteiger partial charge in [-0.05, 0) is 12.1 Å². The second kappa shape index (κ2) is 7.85. The molecule has 7 heteroatoms. The highest BCUT2D eigenvalue weighted by Crippen LogP contribution is 2.32. The summed E-state index contributed by atoms with van der Waals surface area (Å²) in [6, 6.07) is 11.5. The average Bonchev–Trinajstić information content (AvgIpc) is 3.14. The van der Waals surface area contributed by atoms with Gasteiger partial charge in [-0.2, -0.15) is 0 Å². The van der Waals surface area contributed by atoms with E-state index in [0.29, 0.717) is 15.8 Å². The molecule has 6 nitrogen and oxygen atoms in total. The number of carbonyl (C=O) groups is 1. The van der Waals surface area contributed by atoms with Gasteiger partial charge in [0.15, 0.2) is 0 Å². The van der Waals surface area contributed by atoms with Crippen LogP contribution in [-0.2, 0) is 4.74 Å². The highest BCUT2D eigenvalue weighted by molar-refractivity contribution is 7.15. The van der Waals surface area contributed by atoms with Crippen LogP contribution in [0.15, 0.2) is 42.6 Å². The third-order valence-corrected chi connectivity index (χ3v) is 4.44. The van der Waals surface area contributed by atoms with Crippen molar-refractivity contribution >= 4 is 28.1 Å². The molecule has 1 heterocycles. The minimum absolute atomic E-state index is 0.138. The van der Waals surface area contributed by atoms with Crippen molar-refractivity contribution in [1.29, 1.82) is 0 Å². The van der Waals surface area contributed by atoms with Crippen LogP contribution in [0.2, 0.25) is 0 Å². The predicted octanol–water partition coefficient (Wildman–Crippen LogP) is 3.55. The predicted molar refractivity (Wildman–Crippen MR) is 94.9 cm³/mol. The quantitative estimate of drug-likeness (QED) is 0.475. The molecule has 0 saturated heterocycles. The second-order valence-electron chi connectivity index (χ2n) is 4.99. The first-order valence-corrected chi connectivity index (χ1v) is 8.40. The Bertz CT molecular complexity index is 877. The van der Waals surface area contributed by atoms with Crippen LogP contribution < -0.4 is 14.2 Å². The summed E-state index contributed by atoms with van der Waals surface area (Å²) in [6.45, 7) is 0.386. The van der Waals surface area contributed by atoms with E-state index in [1.165, 1.54) is 13.3 Å². The van der Waals surface area contributed by atoms with Crippen molar-refractivity contribution in [3.8, 4) is 16.7 Å². The molecule has 2 aromatic carbocycles. The number of rotatable bonds is 7. The molecule has 0 amide bonds. The molecule has 0 aliphatic heterocycles. The number of thiazole rings is 1. The zero-order valence-electron chi connectivity index (χ0n) is 13.9. The lowest BCUT2D eigenvalue weighted by molar-refractivity contribution is 0.0456. The van der Waals surface area contributed by atoms with Crippen molar-refractivity contribution in [3.05, 3.63) is 47.5 Å². The van der Waals surface area contributed by atoms with Crippen molar-refractivity contribution in [2.75, 3.05) is 27.4 Å². The number of esters is 1. The standard InChI is InChI=1S/C18H17NO5S/c1-21-14-7-8-15(13-6-4-3-5-12(13)14)23-9-10-24-17(20)16-11-19-18(22-2)25-16/h3-8,11H,9-10H2,1-2H3. The van der Waals surface area contributed by atoms with Crippen LogP contribution in [-0.4, -0.2) is 38.4 Å². The Kier molecular flexibility index (Phi) is 5.35. The lowest BCUT2D eigenvalue weighted by atomic mass is 10.1. The van der Waals surface area contributed by atoms with Gasteiger partial charge in [-0.1, -0.05) is 35.6 Å². The second-order valence-corrected chi connectivity index (χ2v) is 5.98. The van der Waals surface area contributed by atoms with Crippen molar-refractivity contribution < 1.29 is 23.7 Å². The number of nitrogens with zero attached hydrogens (tertiary/aromatic N) is 1. The fourth-order valence-corrected chi connectivity index (χ4v) is 2.98. The Labute approximate surface area is 148 Å². The Morgan fingerprint density at radius 3 is 2.40 bits per heavy atom. The summed E-state index contributed by atoms with van der Waals surface area (Å²) in [5.41, 5.74) is 0. The molecule has 0 aliphatic rings. The van der Waals surface area contributed by atoms with Crippen LogP contribution in [0.1, 0.15) is 9.67 Å². The number of methoxy groups -OCH3 is 2. The Hall–Kier alpha value is -2.80. The number of ether oxygens (including phenoxy) is 4. The Morgan fingerprint density at radius 1 is 1.00 bits per heavy atom. The van der Waals surface area contributed by atoms with E-state index in [2.05, 4.69) is 4.98 Å². The Balaban J connectivity index is 1.59. The van der Waals surface area contributed by atoms with Gasteiger partial charge in [0, 0.05) is 10.8 Å². The molecule has 0 radical (unpaired) electrons. The number of carbonyl (C=O) groups excluding carboxylic acids is 1. The van der Waals surface area contributed by atoms with Gasteiger partial charge < -0.3 is 18.9 Å². The molecule has 0 bridgehead atoms. The normalized spacial score (nSPS) is 10.5. The van der Waals surface area contributed by atoms with E-state index in [4.69, 9.17) is 18.9 Å². The summed E-state index contributed by atoms with van der Waals surface area (Å²) in [7, 11) is 3.14. The van der Waals surface area contributed by atoms with Crippen LogP contribution in [0, 0.1) is 0 Å². The molecular weight excluding hydrogens is 342 g/mol. The number of hydrogen-bond acceptors (Lipinski definition) is 7. The fourth-order valence-electron chi connectivity index (χ4n) is 2.35. The summed E-state index contributed by atoms with van der Waals surface area (Å²) in [6.07, 6.45) is 1.43. The molecule has 130 valence electrons. The summed E-state index contributed by atoms with van der Waals surface area (Å²) >= 11 is 1.14. The molecule has 0 N–H and O–H groups in total. The highest BCUT2D eigenvalue weighted by Gasteiger charge is 2.12. The summed E-state index contributed by atoms with van der Waals surface area (Å²) in [5.74, 6) is 1.06. The van der Waals surface area contributed by atoms with E-state index in [9.17, 15) is 4.79 Å². The van der Waals surface area contributed by atoms with E-state index in [1.807, 2.05) is 36.4 Å². The molecule has 0 spiro atoms. The van der Waals surface area contributed by atoms with Gasteiger partial charge in [-0.25, -0.2) is 9.78 Å². The lowest BCUT2D eigenvalue weighted by Crippen LogP contribution is -2.11. The molecule has 1 aromatic heterocycles. The van der Waals surface area contributed by atoms with Crippen LogP contribution >= 0.6 is 11.3 Å². The largest absolute Gasteiger partial charge is 0.496 e. The number of hydrogen-bond donors (Lipinski definition) is 0.